The van der Waals surface area contributed by atoms with Gasteiger partial charge in [-0.15, -0.1) is 0 Å². The van der Waals surface area contributed by atoms with Crippen LogP contribution in [0.3, 0.4) is 0 Å². The molecule has 0 fully saturated rings. The summed E-state index contributed by atoms with van der Waals surface area (Å²) in [6.45, 7) is 10.7. The quantitative estimate of drug-likeness (QED) is 0.481. The van der Waals surface area contributed by atoms with E-state index >= 15 is 0 Å². The number of amides is 1. The predicted molar refractivity (Wildman–Crippen MR) is 137 cm³/mol. The van der Waals surface area contributed by atoms with Gasteiger partial charge >= 0.3 is 11.8 Å². The molecule has 10 nitrogen and oxygen atoms in total. The summed E-state index contributed by atoms with van der Waals surface area (Å²) < 4.78 is 11.4. The van der Waals surface area contributed by atoms with Gasteiger partial charge in [0.05, 0.1) is 22.9 Å². The molecule has 1 N–H and O–H groups in total. The lowest BCUT2D eigenvalue weighted by atomic mass is 10.0. The molecular weight excluding hydrogens is 509 g/mol. The minimum absolute atomic E-state index is 0.0193. The van der Waals surface area contributed by atoms with Gasteiger partial charge in [0.15, 0.2) is 5.82 Å². The van der Waals surface area contributed by atoms with Crippen LogP contribution in [-0.4, -0.2) is 31.6 Å². The fourth-order valence-electron chi connectivity index (χ4n) is 3.62. The van der Waals surface area contributed by atoms with E-state index in [1.54, 1.807) is 46.9 Å². The maximum absolute atomic E-state index is 13.1. The highest BCUT2D eigenvalue weighted by Gasteiger charge is 2.28. The number of nitrogens with zero attached hydrogens (tertiary/aromatic N) is 4. The molecule has 0 aliphatic carbocycles. The smallest absolute Gasteiger partial charge is 0.438 e. The summed E-state index contributed by atoms with van der Waals surface area (Å²) in [5.74, 6) is -0.606. The monoisotopic (exact) mass is 537 g/mol. The Balaban J connectivity index is 2.06. The minimum Gasteiger partial charge on any atom is -0.443 e. The molecule has 1 aromatic carbocycles. The molecule has 12 heteroatoms. The number of aromatic nitrogens is 4. The topological polar surface area (TPSA) is 123 Å². The number of aromatic amines is 1. The highest BCUT2D eigenvalue weighted by Crippen LogP contribution is 2.37. The Labute approximate surface area is 218 Å². The van der Waals surface area contributed by atoms with E-state index in [9.17, 15) is 14.4 Å². The van der Waals surface area contributed by atoms with E-state index < -0.39 is 17.5 Å². The van der Waals surface area contributed by atoms with Crippen LogP contribution in [0.1, 0.15) is 68.7 Å². The van der Waals surface area contributed by atoms with Crippen molar-refractivity contribution in [2.45, 2.75) is 66.0 Å². The highest BCUT2D eigenvalue weighted by molar-refractivity contribution is 6.37. The molecule has 0 aliphatic heterocycles. The number of hydrogen-bond acceptors (Lipinski definition) is 7. The first-order valence-corrected chi connectivity index (χ1v) is 12.0. The molecular formula is C24H29Cl2N5O5. The van der Waals surface area contributed by atoms with Crippen LogP contribution in [0, 0.1) is 6.92 Å². The number of benzene rings is 1. The number of H-pyrrole nitrogens is 1. The number of ether oxygens (including phenoxy) is 1. The molecule has 0 saturated heterocycles. The molecule has 36 heavy (non-hydrogen) atoms. The average molecular weight is 538 g/mol. The zero-order valence-corrected chi connectivity index (χ0v) is 22.7. The van der Waals surface area contributed by atoms with Gasteiger partial charge in [0.25, 0.3) is 5.56 Å². The van der Waals surface area contributed by atoms with Crippen molar-refractivity contribution in [3.05, 3.63) is 71.3 Å². The van der Waals surface area contributed by atoms with Crippen molar-refractivity contribution in [2.24, 2.45) is 7.05 Å². The standard InChI is InChI=1S/C24H29Cl2N5O5/c1-12(2)15-8-14(28-30(7)21(15)32)9-16-17(25)10-18(13(3)20(16)26)31(23(34)35-24(4,5)6)11-19-27-22(33)36-29-19/h8,10,12H,9,11H2,1-7H3,(H,27,29,33). The van der Waals surface area contributed by atoms with Crippen LogP contribution >= 0.6 is 23.2 Å². The number of aryl methyl sites for hydroxylation is 1. The van der Waals surface area contributed by atoms with Crippen molar-refractivity contribution in [2.75, 3.05) is 4.90 Å². The number of nitrogens with one attached hydrogen (secondary N) is 1. The fourth-order valence-corrected chi connectivity index (χ4v) is 4.20. The Kier molecular flexibility index (Phi) is 8.00. The SMILES string of the molecule is Cc1c(N(Cc2noc(=O)[nH]2)C(=O)OC(C)(C)C)cc(Cl)c(Cc2cc(C(C)C)c(=O)n(C)n2)c1Cl. The molecule has 0 radical (unpaired) electrons. The molecule has 2 heterocycles. The third-order valence-electron chi connectivity index (χ3n) is 5.35. The molecule has 3 rings (SSSR count). The van der Waals surface area contributed by atoms with E-state index in [0.29, 0.717) is 38.1 Å². The Bertz CT molecular complexity index is 1400. The summed E-state index contributed by atoms with van der Waals surface area (Å²) >= 11 is 13.4. The average Bonchev–Trinajstić information content (AvgIpc) is 3.17. The van der Waals surface area contributed by atoms with Gasteiger partial charge < -0.3 is 4.74 Å². The molecule has 0 atom stereocenters. The van der Waals surface area contributed by atoms with Crippen LogP contribution < -0.4 is 16.2 Å². The van der Waals surface area contributed by atoms with E-state index in [0.717, 1.165) is 0 Å². The van der Waals surface area contributed by atoms with Crippen molar-refractivity contribution in [1.82, 2.24) is 19.9 Å². The summed E-state index contributed by atoms with van der Waals surface area (Å²) in [5.41, 5.74) is 1.86. The zero-order chi connectivity index (χ0) is 26.9. The minimum atomic E-state index is -0.781. The molecule has 3 aromatic rings. The molecule has 0 spiro atoms. The molecule has 0 saturated carbocycles. The van der Waals surface area contributed by atoms with Crippen molar-refractivity contribution in [3.63, 3.8) is 0 Å². The van der Waals surface area contributed by atoms with Gasteiger partial charge in [-0.3, -0.25) is 19.2 Å². The van der Waals surface area contributed by atoms with Gasteiger partial charge in [0, 0.05) is 24.1 Å². The zero-order valence-electron chi connectivity index (χ0n) is 21.2. The lowest BCUT2D eigenvalue weighted by molar-refractivity contribution is 0.0576. The number of hydrogen-bond donors (Lipinski definition) is 1. The molecule has 0 aliphatic rings. The third-order valence-corrected chi connectivity index (χ3v) is 6.20. The number of carbonyl (C=O) groups is 1. The normalized spacial score (nSPS) is 11.7. The van der Waals surface area contributed by atoms with Crippen molar-refractivity contribution >= 4 is 35.0 Å². The van der Waals surface area contributed by atoms with Crippen LogP contribution in [0.2, 0.25) is 10.0 Å². The lowest BCUT2D eigenvalue weighted by Gasteiger charge is -2.28. The third kappa shape index (κ3) is 6.17. The summed E-state index contributed by atoms with van der Waals surface area (Å²) in [4.78, 5) is 40.6. The van der Waals surface area contributed by atoms with Crippen molar-refractivity contribution in [3.8, 4) is 0 Å². The van der Waals surface area contributed by atoms with E-state index in [-0.39, 0.29) is 30.3 Å². The highest BCUT2D eigenvalue weighted by atomic mass is 35.5. The molecule has 194 valence electrons. The summed E-state index contributed by atoms with van der Waals surface area (Å²) in [7, 11) is 1.60. The van der Waals surface area contributed by atoms with Crippen LogP contribution in [0.4, 0.5) is 10.5 Å². The van der Waals surface area contributed by atoms with Crippen LogP contribution in [0.15, 0.2) is 26.2 Å². The van der Waals surface area contributed by atoms with Crippen molar-refractivity contribution in [1.29, 1.82) is 0 Å². The first kappa shape index (κ1) is 27.5. The Hall–Kier alpha value is -3.11. The Morgan fingerprint density at radius 1 is 1.25 bits per heavy atom. The van der Waals surface area contributed by atoms with E-state index in [1.807, 2.05) is 13.8 Å². The predicted octanol–water partition coefficient (Wildman–Crippen LogP) is 4.73. The maximum atomic E-state index is 13.1. The second kappa shape index (κ2) is 10.5. The first-order chi connectivity index (χ1) is 16.7. The van der Waals surface area contributed by atoms with Gasteiger partial charge in [-0.25, -0.2) is 14.3 Å². The fraction of sp³-hybridized carbons (Fsp3) is 0.458. The number of rotatable bonds is 6. The van der Waals surface area contributed by atoms with E-state index in [1.165, 1.54) is 9.58 Å². The summed E-state index contributed by atoms with van der Waals surface area (Å²) in [6, 6.07) is 3.36. The second-order valence-corrected chi connectivity index (χ2v) is 10.5. The Morgan fingerprint density at radius 2 is 1.92 bits per heavy atom. The van der Waals surface area contributed by atoms with Gasteiger partial charge in [0.2, 0.25) is 0 Å². The Morgan fingerprint density at radius 3 is 2.47 bits per heavy atom. The summed E-state index contributed by atoms with van der Waals surface area (Å²) in [5, 5.41) is 8.64. The van der Waals surface area contributed by atoms with Crippen LogP contribution in [-0.2, 0) is 24.8 Å². The van der Waals surface area contributed by atoms with Crippen molar-refractivity contribution < 1.29 is 14.1 Å². The molecule has 2 aromatic heterocycles. The van der Waals surface area contributed by atoms with Gasteiger partial charge in [-0.1, -0.05) is 42.2 Å². The van der Waals surface area contributed by atoms with Crippen LogP contribution in [0.5, 0.6) is 0 Å². The number of carbonyl (C=O) groups excluding carboxylic acids is 1. The van der Waals surface area contributed by atoms with Gasteiger partial charge in [0.1, 0.15) is 5.60 Å². The molecule has 0 bridgehead atoms. The van der Waals surface area contributed by atoms with E-state index in [4.69, 9.17) is 27.9 Å². The number of anilines is 1. The molecule has 0 unspecified atom stereocenters. The van der Waals surface area contributed by atoms with Gasteiger partial charge in [-0.05, 0) is 56.9 Å². The van der Waals surface area contributed by atoms with E-state index in [2.05, 4.69) is 19.8 Å². The first-order valence-electron chi connectivity index (χ1n) is 11.3. The number of halogens is 2. The summed E-state index contributed by atoms with van der Waals surface area (Å²) in [6.07, 6.45) is -0.411. The van der Waals surface area contributed by atoms with Crippen LogP contribution in [0.25, 0.3) is 0 Å². The molecule has 1 amide bonds. The van der Waals surface area contributed by atoms with Gasteiger partial charge in [-0.2, -0.15) is 5.10 Å². The lowest BCUT2D eigenvalue weighted by Crippen LogP contribution is -2.37. The largest absolute Gasteiger partial charge is 0.443 e. The maximum Gasteiger partial charge on any atom is 0.438 e. The second-order valence-electron chi connectivity index (χ2n) is 9.75.